The first-order valence-corrected chi connectivity index (χ1v) is 14.9. The van der Waals surface area contributed by atoms with Gasteiger partial charge < -0.3 is 19.5 Å². The predicted molar refractivity (Wildman–Crippen MR) is 135 cm³/mol. The van der Waals surface area contributed by atoms with Gasteiger partial charge in [-0.3, -0.25) is 4.79 Å². The number of ether oxygens (including phenoxy) is 3. The molecule has 2 aliphatic rings. The van der Waals surface area contributed by atoms with Gasteiger partial charge >= 0.3 is 0 Å². The first kappa shape index (κ1) is 27.8. The Hall–Kier alpha value is -2.26. The lowest BCUT2D eigenvalue weighted by Gasteiger charge is -2.26. The van der Waals surface area contributed by atoms with E-state index in [4.69, 9.17) is 25.8 Å². The van der Waals surface area contributed by atoms with Gasteiger partial charge in [0.05, 0.1) is 53.3 Å². The zero-order valence-corrected chi connectivity index (χ0v) is 22.4. The van der Waals surface area contributed by atoms with Gasteiger partial charge in [0.2, 0.25) is 20.0 Å². The first-order chi connectivity index (χ1) is 17.7. The van der Waals surface area contributed by atoms with Gasteiger partial charge in [0.15, 0.2) is 0 Å². The molecule has 202 valence electrons. The second-order valence-electron chi connectivity index (χ2n) is 8.25. The van der Waals surface area contributed by atoms with E-state index < -0.39 is 26.0 Å². The Morgan fingerprint density at radius 2 is 1.35 bits per heavy atom. The number of carbonyl (C=O) groups is 1. The summed E-state index contributed by atoms with van der Waals surface area (Å²) in [4.78, 5) is 12.8. The fourth-order valence-corrected chi connectivity index (χ4v) is 6.89. The fourth-order valence-electron chi connectivity index (χ4n) is 3.85. The fraction of sp³-hybridized carbons (Fsp3) is 0.435. The summed E-state index contributed by atoms with van der Waals surface area (Å²) in [6.45, 7) is 2.68. The van der Waals surface area contributed by atoms with Gasteiger partial charge in [0.1, 0.15) is 12.4 Å². The number of hydrogen-bond acceptors (Lipinski definition) is 8. The quantitative estimate of drug-likeness (QED) is 0.443. The van der Waals surface area contributed by atoms with E-state index in [2.05, 4.69) is 5.32 Å². The van der Waals surface area contributed by atoms with Gasteiger partial charge in [-0.1, -0.05) is 11.6 Å². The lowest BCUT2D eigenvalue weighted by Crippen LogP contribution is -2.40. The van der Waals surface area contributed by atoms with Crippen molar-refractivity contribution in [1.29, 1.82) is 0 Å². The summed E-state index contributed by atoms with van der Waals surface area (Å²) < 4.78 is 69.9. The number of hydrogen-bond donors (Lipinski definition) is 1. The number of morpholine rings is 2. The molecule has 0 spiro atoms. The maximum atomic E-state index is 12.9. The number of halogens is 1. The summed E-state index contributed by atoms with van der Waals surface area (Å²) in [5.74, 6) is -0.105. The lowest BCUT2D eigenvalue weighted by molar-refractivity contribution is 0.0730. The largest absolute Gasteiger partial charge is 0.492 e. The summed E-state index contributed by atoms with van der Waals surface area (Å²) >= 11 is 6.16. The Kier molecular flexibility index (Phi) is 9.06. The zero-order chi connectivity index (χ0) is 26.5. The molecule has 2 heterocycles. The van der Waals surface area contributed by atoms with Crippen molar-refractivity contribution in [1.82, 2.24) is 13.9 Å². The molecular weight excluding hydrogens is 546 g/mol. The van der Waals surface area contributed by atoms with Crippen LogP contribution in [0.15, 0.2) is 52.3 Å². The minimum Gasteiger partial charge on any atom is -0.492 e. The number of rotatable bonds is 9. The van der Waals surface area contributed by atoms with Crippen LogP contribution in [0.3, 0.4) is 0 Å². The van der Waals surface area contributed by atoms with Crippen molar-refractivity contribution >= 4 is 37.6 Å². The van der Waals surface area contributed by atoms with E-state index in [9.17, 15) is 21.6 Å². The Morgan fingerprint density at radius 3 is 1.92 bits per heavy atom. The normalized spacial score (nSPS) is 17.9. The average Bonchev–Trinajstić information content (AvgIpc) is 2.92. The lowest BCUT2D eigenvalue weighted by atomic mass is 10.2. The van der Waals surface area contributed by atoms with Gasteiger partial charge in [-0.05, 0) is 42.5 Å². The molecule has 1 amide bonds. The van der Waals surface area contributed by atoms with Crippen molar-refractivity contribution in [2.75, 3.05) is 65.8 Å². The van der Waals surface area contributed by atoms with Crippen LogP contribution in [0.2, 0.25) is 5.02 Å². The van der Waals surface area contributed by atoms with E-state index >= 15 is 0 Å². The van der Waals surface area contributed by atoms with Crippen LogP contribution in [0.5, 0.6) is 5.75 Å². The van der Waals surface area contributed by atoms with Crippen LogP contribution in [0.1, 0.15) is 10.4 Å². The molecule has 0 bridgehead atoms. The molecule has 2 aromatic rings. The van der Waals surface area contributed by atoms with E-state index in [0.717, 1.165) is 0 Å². The van der Waals surface area contributed by atoms with E-state index in [1.807, 2.05) is 0 Å². The van der Waals surface area contributed by atoms with Crippen LogP contribution in [-0.4, -0.2) is 97.1 Å². The van der Waals surface area contributed by atoms with E-state index in [0.29, 0.717) is 45.3 Å². The highest BCUT2D eigenvalue weighted by molar-refractivity contribution is 7.89. The molecule has 2 fully saturated rings. The molecule has 2 aliphatic heterocycles. The summed E-state index contributed by atoms with van der Waals surface area (Å²) in [6.07, 6.45) is 0. The number of benzene rings is 2. The summed E-state index contributed by atoms with van der Waals surface area (Å²) in [5, 5.41) is 2.78. The van der Waals surface area contributed by atoms with E-state index in [1.54, 1.807) is 12.1 Å². The molecule has 0 unspecified atom stereocenters. The highest BCUT2D eigenvalue weighted by atomic mass is 35.5. The average molecular weight is 574 g/mol. The van der Waals surface area contributed by atoms with Crippen molar-refractivity contribution in [2.45, 2.75) is 9.79 Å². The Bertz CT molecular complexity index is 1310. The molecule has 0 aromatic heterocycles. The summed E-state index contributed by atoms with van der Waals surface area (Å²) in [7, 11) is -7.37. The molecular formula is C23H28ClN3O8S2. The molecule has 11 nitrogen and oxygen atoms in total. The number of sulfonamides is 2. The number of amides is 1. The van der Waals surface area contributed by atoms with Crippen LogP contribution in [-0.2, 0) is 29.5 Å². The smallest absolute Gasteiger partial charge is 0.252 e. The number of nitrogens with one attached hydrogen (secondary N) is 1. The third-order valence-corrected chi connectivity index (χ3v) is 10.0. The molecule has 2 saturated heterocycles. The summed E-state index contributed by atoms with van der Waals surface area (Å²) in [5.41, 5.74) is 0.0358. The van der Waals surface area contributed by atoms with Crippen LogP contribution < -0.4 is 10.1 Å². The molecule has 0 atom stereocenters. The minimum absolute atomic E-state index is 0.0210. The maximum absolute atomic E-state index is 12.9. The van der Waals surface area contributed by atoms with Crippen LogP contribution in [0, 0.1) is 0 Å². The van der Waals surface area contributed by atoms with Crippen LogP contribution >= 0.6 is 11.6 Å². The van der Waals surface area contributed by atoms with Crippen molar-refractivity contribution in [3.8, 4) is 5.75 Å². The third-order valence-electron chi connectivity index (χ3n) is 5.88. The van der Waals surface area contributed by atoms with Gasteiger partial charge in [0.25, 0.3) is 5.91 Å². The minimum atomic E-state index is -3.78. The molecule has 37 heavy (non-hydrogen) atoms. The molecule has 0 saturated carbocycles. The summed E-state index contributed by atoms with van der Waals surface area (Å²) in [6, 6.07) is 10.1. The topological polar surface area (TPSA) is 132 Å². The van der Waals surface area contributed by atoms with Crippen molar-refractivity contribution in [2.24, 2.45) is 0 Å². The second-order valence-corrected chi connectivity index (χ2v) is 12.5. The van der Waals surface area contributed by atoms with Crippen LogP contribution in [0.25, 0.3) is 0 Å². The van der Waals surface area contributed by atoms with Crippen molar-refractivity contribution in [3.05, 3.63) is 53.1 Å². The van der Waals surface area contributed by atoms with Crippen molar-refractivity contribution in [3.63, 3.8) is 0 Å². The molecule has 4 rings (SSSR count). The second kappa shape index (κ2) is 12.1. The van der Waals surface area contributed by atoms with Crippen molar-refractivity contribution < 1.29 is 35.8 Å². The SMILES string of the molecule is O=C(NCCOc1ccc(S(=O)(=O)N2CCOCC2)cc1)c1cc(S(=O)(=O)N2CCOCC2)ccc1Cl. The first-order valence-electron chi connectivity index (χ1n) is 11.7. The monoisotopic (exact) mass is 573 g/mol. The zero-order valence-electron chi connectivity index (χ0n) is 20.0. The highest BCUT2D eigenvalue weighted by Crippen LogP contribution is 2.24. The number of nitrogens with zero attached hydrogens (tertiary/aromatic N) is 2. The highest BCUT2D eigenvalue weighted by Gasteiger charge is 2.28. The Morgan fingerprint density at radius 1 is 0.838 bits per heavy atom. The molecule has 0 aliphatic carbocycles. The standard InChI is InChI=1S/C23H28ClN3O8S2/c24-22-6-5-20(37(31,32)27-10-15-34-16-11-27)17-21(22)23(28)25-7-12-35-18-1-3-19(4-2-18)36(29,30)26-8-13-33-14-9-26/h1-6,17H,7-16H2,(H,25,28). The number of carbonyl (C=O) groups excluding carboxylic acids is 1. The van der Waals surface area contributed by atoms with E-state index in [-0.39, 0.29) is 46.6 Å². The molecule has 14 heteroatoms. The van der Waals surface area contributed by atoms with Gasteiger partial charge in [-0.25, -0.2) is 16.8 Å². The Balaban J connectivity index is 1.31. The molecule has 0 radical (unpaired) electrons. The van der Waals surface area contributed by atoms with E-state index in [1.165, 1.54) is 38.9 Å². The van der Waals surface area contributed by atoms with Gasteiger partial charge in [-0.15, -0.1) is 0 Å². The predicted octanol–water partition coefficient (Wildman–Crippen LogP) is 1.19. The molecule has 2 aromatic carbocycles. The maximum Gasteiger partial charge on any atom is 0.252 e. The third kappa shape index (κ3) is 6.60. The van der Waals surface area contributed by atoms with Gasteiger partial charge in [0, 0.05) is 26.2 Å². The van der Waals surface area contributed by atoms with Gasteiger partial charge in [-0.2, -0.15) is 8.61 Å². The van der Waals surface area contributed by atoms with Crippen LogP contribution in [0.4, 0.5) is 0 Å². The Labute approximate surface area is 221 Å². The molecule has 1 N–H and O–H groups in total.